The zero-order valence-electron chi connectivity index (χ0n) is 11.7. The first-order valence-corrected chi connectivity index (χ1v) is 7.67. The van der Waals surface area contributed by atoms with Gasteiger partial charge in [0.25, 0.3) is 5.91 Å². The van der Waals surface area contributed by atoms with Gasteiger partial charge in [-0.2, -0.15) is 0 Å². The molecule has 1 heterocycles. The second-order valence-electron chi connectivity index (χ2n) is 4.71. The van der Waals surface area contributed by atoms with Crippen LogP contribution in [0, 0.1) is 0 Å². The van der Waals surface area contributed by atoms with E-state index in [1.807, 2.05) is 17.5 Å². The van der Waals surface area contributed by atoms with Crippen LogP contribution in [-0.4, -0.2) is 17.0 Å². The van der Waals surface area contributed by atoms with Gasteiger partial charge in [-0.15, -0.1) is 11.3 Å². The molecule has 2 rings (SSSR count). The first-order valence-electron chi connectivity index (χ1n) is 6.79. The lowest BCUT2D eigenvalue weighted by atomic mass is 10.1. The molecule has 1 aromatic heterocycles. The highest BCUT2D eigenvalue weighted by molar-refractivity contribution is 7.10. The standard InChI is InChI=1S/C16H17NO3S/c1-2-4-13(14-5-3-10-21-14)17-15(18)11-6-8-12(9-7-11)16(19)20/h3,5-10,13H,2,4H2,1H3,(H,17,18)(H,19,20). The van der Waals surface area contributed by atoms with E-state index in [0.29, 0.717) is 5.56 Å². The summed E-state index contributed by atoms with van der Waals surface area (Å²) < 4.78 is 0. The van der Waals surface area contributed by atoms with Gasteiger partial charge in [-0.05, 0) is 42.1 Å². The van der Waals surface area contributed by atoms with Crippen LogP contribution in [-0.2, 0) is 0 Å². The Morgan fingerprint density at radius 3 is 2.38 bits per heavy atom. The monoisotopic (exact) mass is 303 g/mol. The van der Waals surface area contributed by atoms with E-state index in [2.05, 4.69) is 12.2 Å². The van der Waals surface area contributed by atoms with Crippen molar-refractivity contribution in [2.45, 2.75) is 25.8 Å². The summed E-state index contributed by atoms with van der Waals surface area (Å²) in [6.07, 6.45) is 1.85. The molecule has 5 heteroatoms. The number of hydrogen-bond donors (Lipinski definition) is 2. The number of carbonyl (C=O) groups excluding carboxylic acids is 1. The molecular weight excluding hydrogens is 286 g/mol. The quantitative estimate of drug-likeness (QED) is 0.854. The van der Waals surface area contributed by atoms with Crippen LogP contribution in [0.4, 0.5) is 0 Å². The molecule has 110 valence electrons. The molecule has 0 aliphatic heterocycles. The number of carboxylic acid groups (broad SMARTS) is 1. The number of nitrogens with one attached hydrogen (secondary N) is 1. The number of hydrogen-bond acceptors (Lipinski definition) is 3. The van der Waals surface area contributed by atoms with Crippen LogP contribution >= 0.6 is 11.3 Å². The van der Waals surface area contributed by atoms with E-state index >= 15 is 0 Å². The van der Waals surface area contributed by atoms with E-state index in [1.54, 1.807) is 11.3 Å². The van der Waals surface area contributed by atoms with E-state index in [9.17, 15) is 9.59 Å². The molecule has 21 heavy (non-hydrogen) atoms. The maximum absolute atomic E-state index is 12.3. The molecule has 2 N–H and O–H groups in total. The molecule has 1 atom stereocenters. The Balaban J connectivity index is 2.10. The first-order chi connectivity index (χ1) is 10.1. The van der Waals surface area contributed by atoms with Crippen molar-refractivity contribution in [3.05, 3.63) is 57.8 Å². The smallest absolute Gasteiger partial charge is 0.335 e. The summed E-state index contributed by atoms with van der Waals surface area (Å²) in [5.41, 5.74) is 0.646. The first kappa shape index (κ1) is 15.3. The maximum Gasteiger partial charge on any atom is 0.335 e. The zero-order chi connectivity index (χ0) is 15.2. The van der Waals surface area contributed by atoms with E-state index in [-0.39, 0.29) is 17.5 Å². The van der Waals surface area contributed by atoms with Crippen molar-refractivity contribution >= 4 is 23.2 Å². The minimum absolute atomic E-state index is 0.00153. The lowest BCUT2D eigenvalue weighted by Gasteiger charge is -2.16. The molecule has 0 aliphatic rings. The molecule has 2 aromatic rings. The number of rotatable bonds is 6. The van der Waals surface area contributed by atoms with Gasteiger partial charge in [0.1, 0.15) is 0 Å². The van der Waals surface area contributed by atoms with E-state index in [0.717, 1.165) is 17.7 Å². The van der Waals surface area contributed by atoms with Gasteiger partial charge in [0.05, 0.1) is 11.6 Å². The Kier molecular flexibility index (Phi) is 5.11. The second kappa shape index (κ2) is 7.04. The van der Waals surface area contributed by atoms with Crippen molar-refractivity contribution in [2.75, 3.05) is 0 Å². The van der Waals surface area contributed by atoms with Crippen LogP contribution in [0.15, 0.2) is 41.8 Å². The van der Waals surface area contributed by atoms with Crippen LogP contribution < -0.4 is 5.32 Å². The lowest BCUT2D eigenvalue weighted by Crippen LogP contribution is -2.28. The molecule has 0 spiro atoms. The molecule has 0 fully saturated rings. The van der Waals surface area contributed by atoms with Crippen molar-refractivity contribution < 1.29 is 14.7 Å². The summed E-state index contributed by atoms with van der Waals surface area (Å²) in [5, 5.41) is 13.9. The fourth-order valence-corrected chi connectivity index (χ4v) is 2.88. The Bertz CT molecular complexity index is 605. The Labute approximate surface area is 127 Å². The molecule has 1 amide bonds. The number of thiophene rings is 1. The highest BCUT2D eigenvalue weighted by Crippen LogP contribution is 2.23. The molecule has 1 aromatic carbocycles. The molecule has 1 unspecified atom stereocenters. The number of carbonyl (C=O) groups is 2. The van der Waals surface area contributed by atoms with Gasteiger partial charge in [0.15, 0.2) is 0 Å². The van der Waals surface area contributed by atoms with E-state index in [1.165, 1.54) is 24.3 Å². The molecule has 4 nitrogen and oxygen atoms in total. The molecule has 0 bridgehead atoms. The average molecular weight is 303 g/mol. The topological polar surface area (TPSA) is 66.4 Å². The molecular formula is C16H17NO3S. The van der Waals surface area contributed by atoms with Crippen LogP contribution in [0.3, 0.4) is 0 Å². The number of aromatic carboxylic acids is 1. The third kappa shape index (κ3) is 3.92. The number of benzene rings is 1. The Morgan fingerprint density at radius 2 is 1.86 bits per heavy atom. The van der Waals surface area contributed by atoms with Gasteiger partial charge in [-0.3, -0.25) is 4.79 Å². The summed E-state index contributed by atoms with van der Waals surface area (Å²) in [7, 11) is 0. The average Bonchev–Trinajstić information content (AvgIpc) is 3.01. The van der Waals surface area contributed by atoms with Crippen molar-refractivity contribution in [1.29, 1.82) is 0 Å². The third-order valence-corrected chi connectivity index (χ3v) is 4.15. The summed E-state index contributed by atoms with van der Waals surface area (Å²) in [5.74, 6) is -1.18. The summed E-state index contributed by atoms with van der Waals surface area (Å²) >= 11 is 1.62. The van der Waals surface area contributed by atoms with Crippen LogP contribution in [0.25, 0.3) is 0 Å². The highest BCUT2D eigenvalue weighted by atomic mass is 32.1. The SMILES string of the molecule is CCCC(NC(=O)c1ccc(C(=O)O)cc1)c1cccs1. The fourth-order valence-electron chi connectivity index (χ4n) is 2.07. The van der Waals surface area contributed by atoms with Crippen molar-refractivity contribution in [2.24, 2.45) is 0 Å². The van der Waals surface area contributed by atoms with E-state index < -0.39 is 5.97 Å². The fraction of sp³-hybridized carbons (Fsp3) is 0.250. The zero-order valence-corrected chi connectivity index (χ0v) is 12.5. The van der Waals surface area contributed by atoms with Crippen LogP contribution in [0.5, 0.6) is 0 Å². The van der Waals surface area contributed by atoms with Crippen molar-refractivity contribution in [1.82, 2.24) is 5.32 Å². The van der Waals surface area contributed by atoms with Gasteiger partial charge in [-0.25, -0.2) is 4.79 Å². The molecule has 0 aliphatic carbocycles. The largest absolute Gasteiger partial charge is 0.478 e. The van der Waals surface area contributed by atoms with Crippen molar-refractivity contribution in [3.63, 3.8) is 0 Å². The maximum atomic E-state index is 12.3. The molecule has 0 radical (unpaired) electrons. The van der Waals surface area contributed by atoms with Crippen LogP contribution in [0.2, 0.25) is 0 Å². The summed E-state index contributed by atoms with van der Waals surface area (Å²) in [6.45, 7) is 2.08. The predicted molar refractivity (Wildman–Crippen MR) is 82.8 cm³/mol. The second-order valence-corrected chi connectivity index (χ2v) is 5.69. The molecule has 0 saturated heterocycles. The van der Waals surface area contributed by atoms with Gasteiger partial charge in [-0.1, -0.05) is 19.4 Å². The van der Waals surface area contributed by atoms with E-state index in [4.69, 9.17) is 5.11 Å². The minimum atomic E-state index is -0.996. The number of carboxylic acids is 1. The van der Waals surface area contributed by atoms with Crippen molar-refractivity contribution in [3.8, 4) is 0 Å². The van der Waals surface area contributed by atoms with Gasteiger partial charge in [0, 0.05) is 10.4 Å². The Morgan fingerprint density at radius 1 is 1.19 bits per heavy atom. The minimum Gasteiger partial charge on any atom is -0.478 e. The summed E-state index contributed by atoms with van der Waals surface area (Å²) in [4.78, 5) is 24.2. The lowest BCUT2D eigenvalue weighted by molar-refractivity contribution is 0.0696. The highest BCUT2D eigenvalue weighted by Gasteiger charge is 2.16. The normalized spacial score (nSPS) is 11.9. The molecule has 0 saturated carbocycles. The summed E-state index contributed by atoms with van der Waals surface area (Å²) in [6, 6.07) is 9.94. The van der Waals surface area contributed by atoms with Crippen LogP contribution in [0.1, 0.15) is 51.4 Å². The predicted octanol–water partition coefficient (Wildman–Crippen LogP) is 3.72. The number of amides is 1. The third-order valence-electron chi connectivity index (χ3n) is 3.16. The van der Waals surface area contributed by atoms with Gasteiger partial charge < -0.3 is 10.4 Å². The van der Waals surface area contributed by atoms with Gasteiger partial charge >= 0.3 is 5.97 Å². The Hall–Kier alpha value is -2.14. The van der Waals surface area contributed by atoms with Gasteiger partial charge in [0.2, 0.25) is 0 Å².